The summed E-state index contributed by atoms with van der Waals surface area (Å²) >= 11 is 0. The third-order valence-electron chi connectivity index (χ3n) is 1.48. The molecule has 0 spiro atoms. The summed E-state index contributed by atoms with van der Waals surface area (Å²) in [6, 6.07) is 1.42. The fraction of sp³-hybridized carbons (Fsp3) is 0.571. The Morgan fingerprint density at radius 3 is 2.62 bits per heavy atom. The van der Waals surface area contributed by atoms with Crippen molar-refractivity contribution in [1.82, 2.24) is 9.78 Å². The van der Waals surface area contributed by atoms with Gasteiger partial charge in [-0.3, -0.25) is 4.68 Å². The maximum Gasteiger partial charge on any atom is 0.408 e. The summed E-state index contributed by atoms with van der Waals surface area (Å²) in [5.41, 5.74) is 0.642. The van der Waals surface area contributed by atoms with Crippen molar-refractivity contribution in [2.75, 3.05) is 0 Å². The van der Waals surface area contributed by atoms with Gasteiger partial charge in [0.2, 0.25) is 0 Å². The van der Waals surface area contributed by atoms with E-state index in [4.69, 9.17) is 5.11 Å². The first-order chi connectivity index (χ1) is 5.92. The Morgan fingerprint density at radius 2 is 2.15 bits per heavy atom. The molecule has 0 aliphatic carbocycles. The molecular formula is C7H9F3N2O. The summed E-state index contributed by atoms with van der Waals surface area (Å²) in [5.74, 6) is 0. The largest absolute Gasteiger partial charge is 0.408 e. The number of hydrogen-bond donors (Lipinski definition) is 1. The van der Waals surface area contributed by atoms with Crippen LogP contribution in [0.4, 0.5) is 13.2 Å². The van der Waals surface area contributed by atoms with Crippen LogP contribution in [0.2, 0.25) is 0 Å². The smallest absolute Gasteiger partial charge is 0.390 e. The lowest BCUT2D eigenvalue weighted by atomic mass is 10.4. The summed E-state index contributed by atoms with van der Waals surface area (Å²) < 4.78 is 36.5. The first-order valence-corrected chi connectivity index (χ1v) is 3.63. The normalized spacial score (nSPS) is 12.1. The van der Waals surface area contributed by atoms with E-state index in [-0.39, 0.29) is 5.69 Å². The molecule has 1 aromatic rings. The lowest BCUT2D eigenvalue weighted by Crippen LogP contribution is -2.20. The predicted octanol–water partition coefficient (Wildman–Crippen LogP) is 1.25. The molecule has 1 N–H and O–H groups in total. The molecule has 0 aromatic carbocycles. The zero-order valence-electron chi connectivity index (χ0n) is 6.97. The highest BCUT2D eigenvalue weighted by molar-refractivity contribution is 5.07. The molecule has 6 heteroatoms. The van der Waals surface area contributed by atoms with E-state index in [1.54, 1.807) is 6.92 Å². The molecule has 74 valence electrons. The van der Waals surface area contributed by atoms with Crippen LogP contribution < -0.4 is 0 Å². The van der Waals surface area contributed by atoms with Gasteiger partial charge in [-0.2, -0.15) is 18.3 Å². The number of aliphatic hydroxyl groups excluding tert-OH is 1. The van der Waals surface area contributed by atoms with Crippen LogP contribution >= 0.6 is 0 Å². The maximum atomic E-state index is 11.9. The molecule has 0 aliphatic heterocycles. The lowest BCUT2D eigenvalue weighted by Gasteiger charge is -2.08. The van der Waals surface area contributed by atoms with E-state index in [1.807, 2.05) is 0 Å². The Morgan fingerprint density at radius 1 is 1.54 bits per heavy atom. The van der Waals surface area contributed by atoms with Crippen LogP contribution in [0, 0.1) is 6.92 Å². The van der Waals surface area contributed by atoms with Gasteiger partial charge in [0.05, 0.1) is 18.0 Å². The van der Waals surface area contributed by atoms with Gasteiger partial charge in [-0.25, -0.2) is 0 Å². The highest BCUT2D eigenvalue weighted by Crippen LogP contribution is 2.18. The minimum atomic E-state index is -4.30. The molecular weight excluding hydrogens is 185 g/mol. The molecule has 0 amide bonds. The number of aliphatic hydroxyl groups is 1. The molecule has 0 saturated carbocycles. The van der Waals surface area contributed by atoms with Crippen molar-refractivity contribution in [3.63, 3.8) is 0 Å². The van der Waals surface area contributed by atoms with Crippen LogP contribution in [0.15, 0.2) is 6.07 Å². The summed E-state index contributed by atoms with van der Waals surface area (Å²) in [6.45, 7) is -0.0142. The van der Waals surface area contributed by atoms with Gasteiger partial charge in [0.15, 0.2) is 0 Å². The third-order valence-corrected chi connectivity index (χ3v) is 1.48. The molecule has 13 heavy (non-hydrogen) atoms. The number of alkyl halides is 3. The van der Waals surface area contributed by atoms with Gasteiger partial charge in [0.1, 0.15) is 6.54 Å². The second-order valence-corrected chi connectivity index (χ2v) is 2.71. The summed E-state index contributed by atoms with van der Waals surface area (Å²) in [7, 11) is 0. The Labute approximate surface area is 72.8 Å². The van der Waals surface area contributed by atoms with Gasteiger partial charge >= 0.3 is 6.18 Å². The monoisotopic (exact) mass is 194 g/mol. The van der Waals surface area contributed by atoms with Crippen LogP contribution in [-0.2, 0) is 13.2 Å². The average Bonchev–Trinajstić information content (AvgIpc) is 2.27. The Hall–Kier alpha value is -1.04. The van der Waals surface area contributed by atoms with E-state index < -0.39 is 19.3 Å². The number of halogens is 3. The molecule has 0 atom stereocenters. The minimum absolute atomic E-state index is 0.176. The number of aromatic nitrogens is 2. The predicted molar refractivity (Wildman–Crippen MR) is 38.9 cm³/mol. The van der Waals surface area contributed by atoms with Gasteiger partial charge in [0, 0.05) is 0 Å². The summed E-state index contributed by atoms with van der Waals surface area (Å²) in [4.78, 5) is 0. The minimum Gasteiger partial charge on any atom is -0.390 e. The van der Waals surface area contributed by atoms with E-state index in [2.05, 4.69) is 5.10 Å². The van der Waals surface area contributed by atoms with Gasteiger partial charge in [-0.1, -0.05) is 0 Å². The fourth-order valence-electron chi connectivity index (χ4n) is 1.03. The van der Waals surface area contributed by atoms with Crippen molar-refractivity contribution in [1.29, 1.82) is 0 Å². The van der Waals surface area contributed by atoms with E-state index in [0.29, 0.717) is 5.69 Å². The highest BCUT2D eigenvalue weighted by Gasteiger charge is 2.29. The van der Waals surface area contributed by atoms with Crippen molar-refractivity contribution in [2.45, 2.75) is 26.3 Å². The molecule has 1 rings (SSSR count). The molecule has 0 fully saturated rings. The number of rotatable bonds is 2. The molecule has 1 aromatic heterocycles. The van der Waals surface area contributed by atoms with Crippen molar-refractivity contribution in [3.8, 4) is 0 Å². The van der Waals surface area contributed by atoms with E-state index in [0.717, 1.165) is 4.68 Å². The van der Waals surface area contributed by atoms with E-state index in [9.17, 15) is 13.2 Å². The summed E-state index contributed by atoms with van der Waals surface area (Å²) in [5, 5.41) is 12.3. The van der Waals surface area contributed by atoms with E-state index >= 15 is 0 Å². The van der Waals surface area contributed by atoms with Gasteiger partial charge in [-0.15, -0.1) is 0 Å². The Kier molecular flexibility index (Phi) is 2.60. The third kappa shape index (κ3) is 2.73. The zero-order chi connectivity index (χ0) is 10.1. The molecule has 1 heterocycles. The maximum absolute atomic E-state index is 11.9. The fourth-order valence-corrected chi connectivity index (χ4v) is 1.03. The molecule has 0 radical (unpaired) electrons. The van der Waals surface area contributed by atoms with E-state index in [1.165, 1.54) is 6.07 Å². The Bertz CT molecular complexity index is 292. The van der Waals surface area contributed by atoms with Crippen molar-refractivity contribution < 1.29 is 18.3 Å². The van der Waals surface area contributed by atoms with Gasteiger partial charge in [-0.05, 0) is 13.0 Å². The number of nitrogens with zero attached hydrogens (tertiary/aromatic N) is 2. The van der Waals surface area contributed by atoms with Crippen LogP contribution in [0.1, 0.15) is 11.4 Å². The van der Waals surface area contributed by atoms with Gasteiger partial charge in [0.25, 0.3) is 0 Å². The zero-order valence-corrected chi connectivity index (χ0v) is 6.97. The second kappa shape index (κ2) is 3.37. The quantitative estimate of drug-likeness (QED) is 0.769. The van der Waals surface area contributed by atoms with Gasteiger partial charge < -0.3 is 5.11 Å². The van der Waals surface area contributed by atoms with Crippen molar-refractivity contribution in [3.05, 3.63) is 17.5 Å². The van der Waals surface area contributed by atoms with Crippen molar-refractivity contribution >= 4 is 0 Å². The molecule has 3 nitrogen and oxygen atoms in total. The molecule has 0 unspecified atom stereocenters. The van der Waals surface area contributed by atoms with Crippen LogP contribution in [0.3, 0.4) is 0 Å². The Balaban J connectivity index is 2.87. The topological polar surface area (TPSA) is 38.0 Å². The molecule has 0 aliphatic rings. The SMILES string of the molecule is Cc1cc(CO)n(CC(F)(F)F)n1. The lowest BCUT2D eigenvalue weighted by molar-refractivity contribution is -0.143. The first kappa shape index (κ1) is 10.0. The van der Waals surface area contributed by atoms with Crippen LogP contribution in [-0.4, -0.2) is 21.1 Å². The summed E-state index contributed by atoms with van der Waals surface area (Å²) in [6.07, 6.45) is -4.30. The molecule has 0 saturated heterocycles. The van der Waals surface area contributed by atoms with Crippen LogP contribution in [0.25, 0.3) is 0 Å². The first-order valence-electron chi connectivity index (χ1n) is 3.63. The standard InChI is InChI=1S/C7H9F3N2O/c1-5-2-6(3-13)12(11-5)4-7(8,9)10/h2,13H,3-4H2,1H3. The second-order valence-electron chi connectivity index (χ2n) is 2.71. The number of hydrogen-bond acceptors (Lipinski definition) is 2. The highest BCUT2D eigenvalue weighted by atomic mass is 19.4. The average molecular weight is 194 g/mol. The molecule has 0 bridgehead atoms. The van der Waals surface area contributed by atoms with Crippen LogP contribution in [0.5, 0.6) is 0 Å². The number of aryl methyl sites for hydroxylation is 1. The van der Waals surface area contributed by atoms with Crippen molar-refractivity contribution in [2.24, 2.45) is 0 Å².